The van der Waals surface area contributed by atoms with E-state index in [2.05, 4.69) is 0 Å². The van der Waals surface area contributed by atoms with E-state index in [1.807, 2.05) is 0 Å². The van der Waals surface area contributed by atoms with E-state index in [1.54, 1.807) is 0 Å². The van der Waals surface area contributed by atoms with Gasteiger partial charge in [0.15, 0.2) is 0 Å². The van der Waals surface area contributed by atoms with Gasteiger partial charge >= 0.3 is 0 Å². The molecule has 0 amide bonds. The standard InChI is InChI=1S/C28H46O2/c29-26-12-6-2-8-19(26)15-21-17-22-16-20-14-13-18-7-1-3-10-24(18)27(20)30-28(22)25-11-5-4-9-23(21)25/h18-29H,1-17H2. The third-order valence-electron chi connectivity index (χ3n) is 11.1. The van der Waals surface area contributed by atoms with E-state index in [0.29, 0.717) is 18.1 Å². The van der Waals surface area contributed by atoms with Crippen LogP contribution in [-0.4, -0.2) is 23.4 Å². The highest BCUT2D eigenvalue weighted by Crippen LogP contribution is 2.57. The summed E-state index contributed by atoms with van der Waals surface area (Å²) in [5.41, 5.74) is 0. The molecule has 6 aliphatic rings. The fraction of sp³-hybridized carbons (Fsp3) is 1.00. The van der Waals surface area contributed by atoms with Gasteiger partial charge in [0, 0.05) is 0 Å². The van der Waals surface area contributed by atoms with Crippen molar-refractivity contribution in [2.24, 2.45) is 47.3 Å². The first-order chi connectivity index (χ1) is 14.8. The van der Waals surface area contributed by atoms with Gasteiger partial charge in [-0.25, -0.2) is 0 Å². The van der Waals surface area contributed by atoms with Crippen LogP contribution in [0.15, 0.2) is 0 Å². The lowest BCUT2D eigenvalue weighted by molar-refractivity contribution is -0.216. The molecule has 0 spiro atoms. The molecule has 0 radical (unpaired) electrons. The van der Waals surface area contributed by atoms with Crippen molar-refractivity contribution >= 4 is 0 Å². The molecule has 0 aromatic rings. The molecule has 30 heavy (non-hydrogen) atoms. The van der Waals surface area contributed by atoms with Crippen molar-refractivity contribution in [1.82, 2.24) is 0 Å². The monoisotopic (exact) mass is 414 g/mol. The first-order valence-corrected chi connectivity index (χ1v) is 14.1. The number of hydrogen-bond acceptors (Lipinski definition) is 2. The predicted octanol–water partition coefficient (Wildman–Crippen LogP) is 6.74. The third kappa shape index (κ3) is 3.70. The van der Waals surface area contributed by atoms with E-state index in [1.165, 1.54) is 103 Å². The number of rotatable bonds is 2. The van der Waals surface area contributed by atoms with E-state index in [9.17, 15) is 5.11 Å². The maximum Gasteiger partial charge on any atom is 0.0638 e. The summed E-state index contributed by atoms with van der Waals surface area (Å²) >= 11 is 0. The Labute approximate surface area is 184 Å². The van der Waals surface area contributed by atoms with Gasteiger partial charge in [0.05, 0.1) is 18.3 Å². The van der Waals surface area contributed by atoms with Crippen LogP contribution in [0.1, 0.15) is 109 Å². The van der Waals surface area contributed by atoms with E-state index in [0.717, 1.165) is 47.8 Å². The van der Waals surface area contributed by atoms with E-state index in [-0.39, 0.29) is 6.10 Å². The second kappa shape index (κ2) is 8.69. The molecule has 5 saturated carbocycles. The molecule has 11 unspecified atom stereocenters. The quantitative estimate of drug-likeness (QED) is 0.542. The van der Waals surface area contributed by atoms with E-state index in [4.69, 9.17) is 4.74 Å². The van der Waals surface area contributed by atoms with Gasteiger partial charge in [0.25, 0.3) is 0 Å². The second-order valence-electron chi connectivity index (χ2n) is 12.6. The summed E-state index contributed by atoms with van der Waals surface area (Å²) in [6, 6.07) is 0. The third-order valence-corrected chi connectivity index (χ3v) is 11.1. The van der Waals surface area contributed by atoms with Gasteiger partial charge in [0.1, 0.15) is 0 Å². The molecule has 1 heterocycles. The summed E-state index contributed by atoms with van der Waals surface area (Å²) in [5.74, 6) is 6.80. The molecule has 2 heteroatoms. The molecular formula is C28H46O2. The molecule has 170 valence electrons. The summed E-state index contributed by atoms with van der Waals surface area (Å²) < 4.78 is 7.24. The van der Waals surface area contributed by atoms with Gasteiger partial charge in [-0.15, -0.1) is 0 Å². The number of ether oxygens (including phenoxy) is 1. The fourth-order valence-corrected chi connectivity index (χ4v) is 9.80. The number of aliphatic hydroxyl groups is 1. The normalized spacial score (nSPS) is 53.7. The molecule has 0 aromatic carbocycles. The van der Waals surface area contributed by atoms with E-state index >= 15 is 0 Å². The maximum atomic E-state index is 10.7. The van der Waals surface area contributed by atoms with Crippen LogP contribution in [0, 0.1) is 47.3 Å². The van der Waals surface area contributed by atoms with Gasteiger partial charge in [-0.3, -0.25) is 0 Å². The zero-order valence-corrected chi connectivity index (χ0v) is 19.2. The highest BCUT2D eigenvalue weighted by molar-refractivity contribution is 5.02. The molecule has 1 aliphatic heterocycles. The van der Waals surface area contributed by atoms with Gasteiger partial charge in [-0.2, -0.15) is 0 Å². The van der Waals surface area contributed by atoms with Gasteiger partial charge in [-0.05, 0) is 112 Å². The number of hydrogen-bond donors (Lipinski definition) is 1. The average molecular weight is 415 g/mol. The van der Waals surface area contributed by atoms with Crippen molar-refractivity contribution in [1.29, 1.82) is 0 Å². The highest BCUT2D eigenvalue weighted by Gasteiger charge is 2.53. The molecule has 1 saturated heterocycles. The van der Waals surface area contributed by atoms with Crippen LogP contribution >= 0.6 is 0 Å². The Hall–Kier alpha value is -0.0800. The van der Waals surface area contributed by atoms with Crippen molar-refractivity contribution in [2.45, 2.75) is 127 Å². The van der Waals surface area contributed by atoms with Crippen molar-refractivity contribution in [3.63, 3.8) is 0 Å². The van der Waals surface area contributed by atoms with Crippen molar-refractivity contribution in [3.05, 3.63) is 0 Å². The van der Waals surface area contributed by atoms with Crippen LogP contribution in [-0.2, 0) is 4.74 Å². The SMILES string of the molecule is OC1CCCCC1CC1CC2CC3CCC4CCCCC4C3OC2C2CCCCC12. The van der Waals surface area contributed by atoms with E-state index < -0.39 is 0 Å². The summed E-state index contributed by atoms with van der Waals surface area (Å²) in [7, 11) is 0. The summed E-state index contributed by atoms with van der Waals surface area (Å²) in [6.45, 7) is 0. The second-order valence-corrected chi connectivity index (χ2v) is 12.6. The van der Waals surface area contributed by atoms with Gasteiger partial charge < -0.3 is 9.84 Å². The Morgan fingerprint density at radius 1 is 0.533 bits per heavy atom. The first kappa shape index (κ1) is 20.5. The molecular weight excluding hydrogens is 368 g/mol. The lowest BCUT2D eigenvalue weighted by atomic mass is 9.55. The van der Waals surface area contributed by atoms with Crippen LogP contribution in [0.2, 0.25) is 0 Å². The summed E-state index contributed by atoms with van der Waals surface area (Å²) in [6.07, 6.45) is 25.0. The van der Waals surface area contributed by atoms with Crippen LogP contribution in [0.5, 0.6) is 0 Å². The molecule has 0 bridgehead atoms. The maximum absolute atomic E-state index is 10.7. The molecule has 11 atom stereocenters. The zero-order valence-electron chi connectivity index (χ0n) is 19.2. The largest absolute Gasteiger partial charge is 0.393 e. The van der Waals surface area contributed by atoms with Crippen molar-refractivity contribution < 1.29 is 9.84 Å². The fourth-order valence-electron chi connectivity index (χ4n) is 9.80. The van der Waals surface area contributed by atoms with Gasteiger partial charge in [-0.1, -0.05) is 44.9 Å². The topological polar surface area (TPSA) is 29.5 Å². The zero-order chi connectivity index (χ0) is 20.1. The van der Waals surface area contributed by atoms with Crippen molar-refractivity contribution in [3.8, 4) is 0 Å². The molecule has 6 rings (SSSR count). The number of aliphatic hydroxyl groups excluding tert-OH is 1. The minimum Gasteiger partial charge on any atom is -0.393 e. The molecule has 1 N–H and O–H groups in total. The Balaban J connectivity index is 1.20. The minimum absolute atomic E-state index is 0.00733. The molecule has 0 aromatic heterocycles. The molecule has 5 aliphatic carbocycles. The predicted molar refractivity (Wildman–Crippen MR) is 121 cm³/mol. The Kier molecular flexibility index (Phi) is 5.95. The Bertz CT molecular complexity index is 589. The van der Waals surface area contributed by atoms with Crippen LogP contribution < -0.4 is 0 Å². The lowest BCUT2D eigenvalue weighted by Gasteiger charge is -2.58. The Morgan fingerprint density at radius 3 is 2.07 bits per heavy atom. The minimum atomic E-state index is -0.00733. The smallest absolute Gasteiger partial charge is 0.0638 e. The summed E-state index contributed by atoms with van der Waals surface area (Å²) in [4.78, 5) is 0. The first-order valence-electron chi connectivity index (χ1n) is 14.1. The molecule has 6 fully saturated rings. The highest BCUT2D eigenvalue weighted by atomic mass is 16.5. The average Bonchev–Trinajstić information content (AvgIpc) is 2.79. The Morgan fingerprint density at radius 2 is 1.20 bits per heavy atom. The van der Waals surface area contributed by atoms with Crippen LogP contribution in [0.25, 0.3) is 0 Å². The number of fused-ring (bicyclic) bond motifs is 6. The lowest BCUT2D eigenvalue weighted by Crippen LogP contribution is -2.56. The summed E-state index contributed by atoms with van der Waals surface area (Å²) in [5, 5.41) is 10.7. The van der Waals surface area contributed by atoms with Crippen LogP contribution in [0.3, 0.4) is 0 Å². The van der Waals surface area contributed by atoms with Gasteiger partial charge in [0.2, 0.25) is 0 Å². The molecule has 2 nitrogen and oxygen atoms in total. The van der Waals surface area contributed by atoms with Crippen LogP contribution in [0.4, 0.5) is 0 Å². The van der Waals surface area contributed by atoms with Crippen molar-refractivity contribution in [2.75, 3.05) is 0 Å².